The Bertz CT molecular complexity index is 664. The van der Waals surface area contributed by atoms with Gasteiger partial charge in [0.2, 0.25) is 0 Å². The molecule has 0 unspecified atom stereocenters. The highest BCUT2D eigenvalue weighted by molar-refractivity contribution is 5.95. The Kier molecular flexibility index (Phi) is 3.37. The number of benzene rings is 2. The van der Waals surface area contributed by atoms with Gasteiger partial charge in [-0.15, -0.1) is 0 Å². The summed E-state index contributed by atoms with van der Waals surface area (Å²) < 4.78 is 6.06. The van der Waals surface area contributed by atoms with Crippen LogP contribution < -0.4 is 0 Å². The highest BCUT2D eigenvalue weighted by atomic mass is 16.3. The normalized spacial score (nSPS) is 11.0. The highest BCUT2D eigenvalue weighted by Crippen LogP contribution is 2.35. The smallest absolute Gasteiger partial charge is 0.134 e. The Labute approximate surface area is 113 Å². The topological polar surface area (TPSA) is 13.1 Å². The first-order valence-electron chi connectivity index (χ1n) is 6.96. The van der Waals surface area contributed by atoms with Crippen molar-refractivity contribution < 1.29 is 4.42 Å². The molecule has 0 N–H and O–H groups in total. The van der Waals surface area contributed by atoms with E-state index in [1.54, 1.807) is 0 Å². The second-order valence-corrected chi connectivity index (χ2v) is 4.87. The summed E-state index contributed by atoms with van der Waals surface area (Å²) in [6.45, 7) is 2.21. The maximum atomic E-state index is 6.06. The summed E-state index contributed by atoms with van der Waals surface area (Å²) in [6, 6.07) is 18.9. The first kappa shape index (κ1) is 12.0. The first-order chi connectivity index (χ1) is 9.40. The molecule has 0 radical (unpaired) electrons. The zero-order valence-corrected chi connectivity index (χ0v) is 11.2. The molecule has 0 atom stereocenters. The van der Waals surface area contributed by atoms with Crippen LogP contribution in [-0.4, -0.2) is 0 Å². The fourth-order valence-electron chi connectivity index (χ4n) is 2.53. The molecular formula is C18H18O. The summed E-state index contributed by atoms with van der Waals surface area (Å²) >= 11 is 0. The van der Waals surface area contributed by atoms with Gasteiger partial charge < -0.3 is 4.42 Å². The fraction of sp³-hybridized carbons (Fsp3) is 0.222. The van der Waals surface area contributed by atoms with Gasteiger partial charge in [0, 0.05) is 17.4 Å². The van der Waals surface area contributed by atoms with Crippen molar-refractivity contribution in [2.75, 3.05) is 0 Å². The van der Waals surface area contributed by atoms with Crippen LogP contribution in [0.1, 0.15) is 25.5 Å². The third-order valence-electron chi connectivity index (χ3n) is 3.49. The van der Waals surface area contributed by atoms with Gasteiger partial charge in [-0.3, -0.25) is 0 Å². The Morgan fingerprint density at radius 2 is 1.63 bits per heavy atom. The molecule has 1 nitrogen and oxygen atoms in total. The highest BCUT2D eigenvalue weighted by Gasteiger charge is 2.14. The molecule has 0 spiro atoms. The summed E-state index contributed by atoms with van der Waals surface area (Å²) in [4.78, 5) is 0. The number of rotatable bonds is 4. The van der Waals surface area contributed by atoms with Crippen molar-refractivity contribution in [3.8, 4) is 11.1 Å². The molecular weight excluding hydrogens is 232 g/mol. The second kappa shape index (κ2) is 5.31. The lowest BCUT2D eigenvalue weighted by molar-refractivity contribution is 0.538. The van der Waals surface area contributed by atoms with E-state index in [4.69, 9.17) is 4.42 Å². The Hall–Kier alpha value is -2.02. The molecule has 1 heterocycles. The molecule has 0 aliphatic carbocycles. The SMILES string of the molecule is CCCCc1oc2ccccc2c1-c1ccccc1. The third-order valence-corrected chi connectivity index (χ3v) is 3.49. The lowest BCUT2D eigenvalue weighted by atomic mass is 10.00. The van der Waals surface area contributed by atoms with Gasteiger partial charge in [-0.05, 0) is 18.1 Å². The van der Waals surface area contributed by atoms with Gasteiger partial charge in [-0.1, -0.05) is 61.9 Å². The van der Waals surface area contributed by atoms with Crippen LogP contribution in [0.15, 0.2) is 59.0 Å². The van der Waals surface area contributed by atoms with Gasteiger partial charge in [0.1, 0.15) is 11.3 Å². The van der Waals surface area contributed by atoms with E-state index in [9.17, 15) is 0 Å². The average molecular weight is 250 g/mol. The van der Waals surface area contributed by atoms with Crippen LogP contribution in [-0.2, 0) is 6.42 Å². The predicted octanol–water partition coefficient (Wildman–Crippen LogP) is 5.44. The Balaban J connectivity index is 2.19. The van der Waals surface area contributed by atoms with E-state index in [2.05, 4.69) is 55.5 Å². The minimum absolute atomic E-state index is 0.993. The van der Waals surface area contributed by atoms with Crippen LogP contribution in [0.25, 0.3) is 22.1 Å². The summed E-state index contributed by atoms with van der Waals surface area (Å²) in [5, 5.41) is 1.22. The number of furan rings is 1. The predicted molar refractivity (Wildman–Crippen MR) is 80.3 cm³/mol. The molecule has 1 aromatic heterocycles. The largest absolute Gasteiger partial charge is 0.460 e. The zero-order chi connectivity index (χ0) is 13.1. The van der Waals surface area contributed by atoms with Crippen molar-refractivity contribution >= 4 is 11.0 Å². The molecule has 3 rings (SSSR count). The van der Waals surface area contributed by atoms with Crippen LogP contribution in [0.3, 0.4) is 0 Å². The molecule has 96 valence electrons. The molecule has 1 heteroatoms. The van der Waals surface area contributed by atoms with Crippen molar-refractivity contribution in [2.24, 2.45) is 0 Å². The number of hydrogen-bond donors (Lipinski definition) is 0. The van der Waals surface area contributed by atoms with Gasteiger partial charge in [-0.25, -0.2) is 0 Å². The average Bonchev–Trinajstić information content (AvgIpc) is 2.84. The molecule has 0 amide bonds. The van der Waals surface area contributed by atoms with Gasteiger partial charge in [-0.2, -0.15) is 0 Å². The second-order valence-electron chi connectivity index (χ2n) is 4.87. The van der Waals surface area contributed by atoms with Gasteiger partial charge >= 0.3 is 0 Å². The number of fused-ring (bicyclic) bond motifs is 1. The van der Waals surface area contributed by atoms with E-state index in [1.165, 1.54) is 29.4 Å². The van der Waals surface area contributed by atoms with E-state index in [-0.39, 0.29) is 0 Å². The molecule has 0 aliphatic rings. The zero-order valence-electron chi connectivity index (χ0n) is 11.2. The van der Waals surface area contributed by atoms with Crippen LogP contribution in [0.4, 0.5) is 0 Å². The monoisotopic (exact) mass is 250 g/mol. The van der Waals surface area contributed by atoms with Crippen molar-refractivity contribution in [3.63, 3.8) is 0 Å². The Morgan fingerprint density at radius 1 is 0.895 bits per heavy atom. The molecule has 0 saturated carbocycles. The molecule has 0 saturated heterocycles. The molecule has 3 aromatic rings. The fourth-order valence-corrected chi connectivity index (χ4v) is 2.53. The van der Waals surface area contributed by atoms with Crippen molar-refractivity contribution in [3.05, 3.63) is 60.4 Å². The molecule has 2 aromatic carbocycles. The number of hydrogen-bond acceptors (Lipinski definition) is 1. The Morgan fingerprint density at radius 3 is 2.42 bits per heavy atom. The first-order valence-corrected chi connectivity index (χ1v) is 6.96. The van der Waals surface area contributed by atoms with Crippen molar-refractivity contribution in [1.82, 2.24) is 0 Å². The molecule has 0 bridgehead atoms. The van der Waals surface area contributed by atoms with E-state index >= 15 is 0 Å². The van der Waals surface area contributed by atoms with Crippen LogP contribution in [0, 0.1) is 0 Å². The lowest BCUT2D eigenvalue weighted by Gasteiger charge is -2.02. The minimum atomic E-state index is 0.993. The summed E-state index contributed by atoms with van der Waals surface area (Å²) in [5.74, 6) is 1.12. The van der Waals surface area contributed by atoms with Crippen molar-refractivity contribution in [2.45, 2.75) is 26.2 Å². The van der Waals surface area contributed by atoms with Crippen molar-refractivity contribution in [1.29, 1.82) is 0 Å². The summed E-state index contributed by atoms with van der Waals surface area (Å²) in [6.07, 6.45) is 3.36. The van der Waals surface area contributed by atoms with Crippen LogP contribution in [0.5, 0.6) is 0 Å². The minimum Gasteiger partial charge on any atom is -0.460 e. The quantitative estimate of drug-likeness (QED) is 0.600. The van der Waals surface area contributed by atoms with Crippen LogP contribution >= 0.6 is 0 Å². The maximum absolute atomic E-state index is 6.06. The standard InChI is InChI=1S/C18H18O/c1-2-3-12-17-18(14-9-5-4-6-10-14)15-11-7-8-13-16(15)19-17/h4-11,13H,2-3,12H2,1H3. The molecule has 0 fully saturated rings. The number of para-hydroxylation sites is 1. The van der Waals surface area contributed by atoms with Gasteiger partial charge in [0.25, 0.3) is 0 Å². The number of aryl methyl sites for hydroxylation is 1. The lowest BCUT2D eigenvalue weighted by Crippen LogP contribution is -1.85. The van der Waals surface area contributed by atoms with Crippen LogP contribution in [0.2, 0.25) is 0 Å². The van der Waals surface area contributed by atoms with Gasteiger partial charge in [0.15, 0.2) is 0 Å². The van der Waals surface area contributed by atoms with E-state index < -0.39 is 0 Å². The molecule has 0 aliphatic heterocycles. The summed E-state index contributed by atoms with van der Waals surface area (Å²) in [7, 11) is 0. The van der Waals surface area contributed by atoms with E-state index in [0.29, 0.717) is 0 Å². The number of unbranched alkanes of at least 4 members (excludes halogenated alkanes) is 1. The summed E-state index contributed by atoms with van der Waals surface area (Å²) in [5.41, 5.74) is 3.51. The van der Waals surface area contributed by atoms with Gasteiger partial charge in [0.05, 0.1) is 0 Å². The maximum Gasteiger partial charge on any atom is 0.134 e. The molecule has 19 heavy (non-hydrogen) atoms. The third kappa shape index (κ3) is 2.28. The van der Waals surface area contributed by atoms with E-state index in [1.807, 2.05) is 6.07 Å². The van der Waals surface area contributed by atoms with E-state index in [0.717, 1.165) is 17.8 Å².